The van der Waals surface area contributed by atoms with Crippen molar-refractivity contribution in [1.82, 2.24) is 9.80 Å². The van der Waals surface area contributed by atoms with Gasteiger partial charge in [0, 0.05) is 39.8 Å². The second-order valence-electron chi connectivity index (χ2n) is 8.05. The van der Waals surface area contributed by atoms with E-state index in [-0.39, 0.29) is 12.1 Å². The van der Waals surface area contributed by atoms with E-state index in [1.54, 1.807) is 25.3 Å². The predicted octanol–water partition coefficient (Wildman–Crippen LogP) is 4.74. The van der Waals surface area contributed by atoms with Crippen LogP contribution in [0.2, 0.25) is 5.02 Å². The van der Waals surface area contributed by atoms with Gasteiger partial charge in [-0.25, -0.2) is 4.79 Å². The number of rotatable bonds is 8. The van der Waals surface area contributed by atoms with Crippen LogP contribution in [0.25, 0.3) is 0 Å². The van der Waals surface area contributed by atoms with Crippen LogP contribution in [0.4, 0.5) is 10.5 Å². The monoisotopic (exact) mass is 445 g/mol. The van der Waals surface area contributed by atoms with Gasteiger partial charge in [0.1, 0.15) is 6.61 Å². The first-order valence-corrected chi connectivity index (χ1v) is 11.1. The fourth-order valence-electron chi connectivity index (χ4n) is 4.12. The number of hydrogen-bond acceptors (Lipinski definition) is 4. The molecular weight excluding hydrogens is 414 g/mol. The van der Waals surface area contributed by atoms with Crippen LogP contribution in [0, 0.1) is 5.92 Å². The summed E-state index contributed by atoms with van der Waals surface area (Å²) in [6.45, 7) is 5.87. The van der Waals surface area contributed by atoms with E-state index in [2.05, 4.69) is 41.4 Å². The van der Waals surface area contributed by atoms with Crippen molar-refractivity contribution >= 4 is 23.3 Å². The van der Waals surface area contributed by atoms with Crippen LogP contribution in [0.5, 0.6) is 5.75 Å². The molecular formula is C24H32ClN3O3. The number of anilines is 1. The van der Waals surface area contributed by atoms with Crippen LogP contribution in [-0.2, 0) is 11.3 Å². The molecule has 0 unspecified atom stereocenters. The summed E-state index contributed by atoms with van der Waals surface area (Å²) in [4.78, 5) is 17.3. The summed E-state index contributed by atoms with van der Waals surface area (Å²) in [5, 5.41) is 3.43. The Bertz CT molecular complexity index is 849. The van der Waals surface area contributed by atoms with E-state index in [9.17, 15) is 4.79 Å². The summed E-state index contributed by atoms with van der Waals surface area (Å²) in [5.74, 6) is 0.832. The SMILES string of the molecule is COCCOc1c(Cl)cccc1NC(=O)N(C)[C@H]1CCN(Cc2ccccc2)C[C@@H]1C. The number of para-hydroxylation sites is 1. The third-order valence-corrected chi connectivity index (χ3v) is 6.05. The molecule has 1 aliphatic heterocycles. The second-order valence-corrected chi connectivity index (χ2v) is 8.46. The summed E-state index contributed by atoms with van der Waals surface area (Å²) in [5.41, 5.74) is 1.89. The molecule has 1 saturated heterocycles. The van der Waals surface area contributed by atoms with Gasteiger partial charge >= 0.3 is 6.03 Å². The zero-order chi connectivity index (χ0) is 22.2. The van der Waals surface area contributed by atoms with Crippen molar-refractivity contribution in [3.05, 3.63) is 59.1 Å². The maximum absolute atomic E-state index is 13.0. The Labute approximate surface area is 190 Å². The molecule has 0 aromatic heterocycles. The van der Waals surface area contributed by atoms with Gasteiger partial charge in [-0.15, -0.1) is 0 Å². The number of ether oxygens (including phenoxy) is 2. The third kappa shape index (κ3) is 6.35. The van der Waals surface area contributed by atoms with Gasteiger partial charge in [-0.1, -0.05) is 54.9 Å². The van der Waals surface area contributed by atoms with E-state index in [1.807, 2.05) is 18.0 Å². The molecule has 1 fully saturated rings. The lowest BCUT2D eigenvalue weighted by Gasteiger charge is -2.41. The number of methoxy groups -OCH3 is 1. The highest BCUT2D eigenvalue weighted by molar-refractivity contribution is 6.32. The number of hydrogen-bond donors (Lipinski definition) is 1. The van der Waals surface area contributed by atoms with Gasteiger partial charge in [0.05, 0.1) is 17.3 Å². The fraction of sp³-hybridized carbons (Fsp3) is 0.458. The molecule has 2 aromatic rings. The number of halogens is 1. The standard InChI is InChI=1S/C24H32ClN3O3/c1-18-16-28(17-19-8-5-4-6-9-19)13-12-22(18)27(2)24(29)26-21-11-7-10-20(25)23(21)31-15-14-30-3/h4-11,18,22H,12-17H2,1-3H3,(H,26,29)/t18-,22-/m0/s1. The molecule has 2 atom stereocenters. The molecule has 0 radical (unpaired) electrons. The van der Waals surface area contributed by atoms with E-state index in [1.165, 1.54) is 5.56 Å². The van der Waals surface area contributed by atoms with Crippen molar-refractivity contribution in [1.29, 1.82) is 0 Å². The van der Waals surface area contributed by atoms with Crippen LogP contribution in [0.15, 0.2) is 48.5 Å². The smallest absolute Gasteiger partial charge is 0.321 e. The second kappa shape index (κ2) is 11.4. The van der Waals surface area contributed by atoms with Crippen LogP contribution >= 0.6 is 11.6 Å². The molecule has 2 aromatic carbocycles. The van der Waals surface area contributed by atoms with Crippen molar-refractivity contribution in [2.24, 2.45) is 5.92 Å². The minimum absolute atomic E-state index is 0.160. The number of likely N-dealkylation sites (tertiary alicyclic amines) is 1. The maximum Gasteiger partial charge on any atom is 0.321 e. The number of piperidine rings is 1. The Morgan fingerprint density at radius 1 is 1.19 bits per heavy atom. The molecule has 7 heteroatoms. The normalized spacial score (nSPS) is 19.1. The molecule has 3 rings (SSSR count). The Kier molecular flexibility index (Phi) is 8.58. The molecule has 1 heterocycles. The van der Waals surface area contributed by atoms with Crippen LogP contribution in [0.1, 0.15) is 18.9 Å². The highest BCUT2D eigenvalue weighted by atomic mass is 35.5. The quantitative estimate of drug-likeness (QED) is 0.596. The van der Waals surface area contributed by atoms with Crippen LogP contribution in [0.3, 0.4) is 0 Å². The van der Waals surface area contributed by atoms with Gasteiger partial charge in [0.2, 0.25) is 0 Å². The number of carbonyl (C=O) groups is 1. The summed E-state index contributed by atoms with van der Waals surface area (Å²) in [6, 6.07) is 15.9. The number of urea groups is 1. The average Bonchev–Trinajstić information content (AvgIpc) is 2.76. The maximum atomic E-state index is 13.0. The van der Waals surface area contributed by atoms with E-state index >= 15 is 0 Å². The number of benzene rings is 2. The molecule has 0 saturated carbocycles. The molecule has 168 valence electrons. The predicted molar refractivity (Wildman–Crippen MR) is 125 cm³/mol. The summed E-state index contributed by atoms with van der Waals surface area (Å²) in [7, 11) is 3.47. The zero-order valence-electron chi connectivity index (χ0n) is 18.5. The van der Waals surface area contributed by atoms with Gasteiger partial charge in [-0.05, 0) is 30.0 Å². The molecule has 2 amide bonds. The van der Waals surface area contributed by atoms with E-state index < -0.39 is 0 Å². The minimum atomic E-state index is -0.160. The average molecular weight is 446 g/mol. The minimum Gasteiger partial charge on any atom is -0.487 e. The Hall–Kier alpha value is -2.28. The van der Waals surface area contributed by atoms with Gasteiger partial charge in [-0.2, -0.15) is 0 Å². The van der Waals surface area contributed by atoms with E-state index in [4.69, 9.17) is 21.1 Å². The van der Waals surface area contributed by atoms with Crippen LogP contribution in [-0.4, -0.2) is 62.3 Å². The first kappa shape index (κ1) is 23.4. The number of nitrogens with one attached hydrogen (secondary N) is 1. The lowest BCUT2D eigenvalue weighted by molar-refractivity contribution is 0.0933. The lowest BCUT2D eigenvalue weighted by atomic mass is 9.92. The van der Waals surface area contributed by atoms with Gasteiger partial charge in [-0.3, -0.25) is 4.90 Å². The Balaban J connectivity index is 1.59. The first-order valence-electron chi connectivity index (χ1n) is 10.7. The van der Waals surface area contributed by atoms with Gasteiger partial charge in [0.15, 0.2) is 5.75 Å². The van der Waals surface area contributed by atoms with Crippen molar-refractivity contribution in [3.63, 3.8) is 0 Å². The largest absolute Gasteiger partial charge is 0.487 e. The first-order chi connectivity index (χ1) is 15.0. The number of carbonyl (C=O) groups excluding carboxylic acids is 1. The molecule has 0 spiro atoms. The summed E-state index contributed by atoms with van der Waals surface area (Å²) < 4.78 is 10.8. The van der Waals surface area contributed by atoms with E-state index in [0.717, 1.165) is 26.1 Å². The van der Waals surface area contributed by atoms with Crippen molar-refractivity contribution in [2.45, 2.75) is 25.9 Å². The summed E-state index contributed by atoms with van der Waals surface area (Å²) in [6.07, 6.45) is 0.935. The van der Waals surface area contributed by atoms with Gasteiger partial charge < -0.3 is 19.7 Å². The molecule has 1 aliphatic rings. The molecule has 0 aliphatic carbocycles. The highest BCUT2D eigenvalue weighted by Crippen LogP contribution is 2.33. The molecule has 6 nitrogen and oxygen atoms in total. The van der Waals surface area contributed by atoms with Crippen molar-refractivity contribution in [2.75, 3.05) is 45.8 Å². The number of amides is 2. The fourth-order valence-corrected chi connectivity index (χ4v) is 4.34. The molecule has 1 N–H and O–H groups in total. The number of nitrogens with zero attached hydrogens (tertiary/aromatic N) is 2. The van der Waals surface area contributed by atoms with Crippen LogP contribution < -0.4 is 10.1 Å². The van der Waals surface area contributed by atoms with Gasteiger partial charge in [0.25, 0.3) is 0 Å². The third-order valence-electron chi connectivity index (χ3n) is 5.75. The summed E-state index contributed by atoms with van der Waals surface area (Å²) >= 11 is 6.29. The van der Waals surface area contributed by atoms with Crippen molar-refractivity contribution in [3.8, 4) is 5.75 Å². The molecule has 0 bridgehead atoms. The Morgan fingerprint density at radius 2 is 1.97 bits per heavy atom. The Morgan fingerprint density at radius 3 is 2.68 bits per heavy atom. The zero-order valence-corrected chi connectivity index (χ0v) is 19.3. The lowest BCUT2D eigenvalue weighted by Crippen LogP contribution is -2.51. The topological polar surface area (TPSA) is 54.0 Å². The van der Waals surface area contributed by atoms with Crippen molar-refractivity contribution < 1.29 is 14.3 Å². The highest BCUT2D eigenvalue weighted by Gasteiger charge is 2.31. The molecule has 31 heavy (non-hydrogen) atoms. The van der Waals surface area contributed by atoms with E-state index in [0.29, 0.717) is 35.6 Å².